The molecule has 1 unspecified atom stereocenters. The number of benzene rings is 1. The van der Waals surface area contributed by atoms with Gasteiger partial charge in [-0.2, -0.15) is 0 Å². The van der Waals surface area contributed by atoms with Crippen LogP contribution >= 0.6 is 23.2 Å². The molecule has 1 aliphatic carbocycles. The van der Waals surface area contributed by atoms with Crippen LogP contribution in [-0.2, 0) is 16.0 Å². The van der Waals surface area contributed by atoms with Gasteiger partial charge in [0, 0.05) is 29.6 Å². The van der Waals surface area contributed by atoms with Gasteiger partial charge in [-0.15, -0.1) is 0 Å². The number of hydrogen-bond acceptors (Lipinski definition) is 2. The second kappa shape index (κ2) is 6.93. The molecule has 0 bridgehead atoms. The molecule has 1 N–H and O–H groups in total. The van der Waals surface area contributed by atoms with E-state index in [4.69, 9.17) is 23.2 Å². The van der Waals surface area contributed by atoms with E-state index in [1.807, 2.05) is 13.0 Å². The van der Waals surface area contributed by atoms with E-state index in [0.717, 1.165) is 18.5 Å². The molecular formula is C18H22Cl2N2O2. The Morgan fingerprint density at radius 1 is 1.33 bits per heavy atom. The Labute approximate surface area is 152 Å². The largest absolute Gasteiger partial charge is 0.354 e. The molecule has 1 saturated carbocycles. The van der Waals surface area contributed by atoms with Gasteiger partial charge in [0.15, 0.2) is 0 Å². The SMILES string of the molecule is CC1(C(=O)NCC2CC2)CCN1C(=O)CCc1ccc(Cl)cc1Cl. The fraction of sp³-hybridized carbons (Fsp3) is 0.556. The highest BCUT2D eigenvalue weighted by atomic mass is 35.5. The smallest absolute Gasteiger partial charge is 0.245 e. The molecule has 2 amide bonds. The molecule has 1 heterocycles. The van der Waals surface area contributed by atoms with Gasteiger partial charge in [-0.3, -0.25) is 9.59 Å². The monoisotopic (exact) mass is 368 g/mol. The summed E-state index contributed by atoms with van der Waals surface area (Å²) >= 11 is 12.0. The standard InChI is InChI=1S/C18H22Cl2N2O2/c1-18(17(24)21-11-12-2-3-12)8-9-22(18)16(23)7-5-13-4-6-14(19)10-15(13)20/h4,6,10,12H,2-3,5,7-9,11H2,1H3,(H,21,24). The summed E-state index contributed by atoms with van der Waals surface area (Å²) in [6, 6.07) is 5.30. The zero-order valence-electron chi connectivity index (χ0n) is 13.8. The molecule has 0 spiro atoms. The van der Waals surface area contributed by atoms with Crippen molar-refractivity contribution in [2.75, 3.05) is 13.1 Å². The molecule has 1 aliphatic heterocycles. The number of carbonyl (C=O) groups is 2. The van der Waals surface area contributed by atoms with Crippen molar-refractivity contribution >= 4 is 35.0 Å². The van der Waals surface area contributed by atoms with Crippen molar-refractivity contribution in [3.05, 3.63) is 33.8 Å². The molecule has 4 nitrogen and oxygen atoms in total. The highest BCUT2D eigenvalue weighted by molar-refractivity contribution is 6.35. The van der Waals surface area contributed by atoms with Crippen LogP contribution < -0.4 is 5.32 Å². The number of hydrogen-bond donors (Lipinski definition) is 1. The number of rotatable bonds is 6. The molecule has 0 radical (unpaired) electrons. The number of nitrogens with one attached hydrogen (secondary N) is 1. The van der Waals surface area contributed by atoms with Crippen molar-refractivity contribution in [1.82, 2.24) is 10.2 Å². The van der Waals surface area contributed by atoms with E-state index in [1.54, 1.807) is 17.0 Å². The molecule has 1 atom stereocenters. The lowest BCUT2D eigenvalue weighted by atomic mass is 9.85. The van der Waals surface area contributed by atoms with Crippen molar-refractivity contribution in [2.45, 2.75) is 44.6 Å². The topological polar surface area (TPSA) is 49.4 Å². The maximum absolute atomic E-state index is 12.5. The van der Waals surface area contributed by atoms with Gasteiger partial charge in [0.05, 0.1) is 0 Å². The van der Waals surface area contributed by atoms with Crippen LogP contribution in [0, 0.1) is 5.92 Å². The lowest BCUT2D eigenvalue weighted by Crippen LogP contribution is -2.67. The number of carbonyl (C=O) groups excluding carboxylic acids is 2. The van der Waals surface area contributed by atoms with Crippen molar-refractivity contribution < 1.29 is 9.59 Å². The Kier molecular flexibility index (Phi) is 5.07. The minimum Gasteiger partial charge on any atom is -0.354 e. The lowest BCUT2D eigenvalue weighted by Gasteiger charge is -2.49. The third kappa shape index (κ3) is 3.70. The van der Waals surface area contributed by atoms with E-state index in [2.05, 4.69) is 5.32 Å². The summed E-state index contributed by atoms with van der Waals surface area (Å²) in [6.07, 6.45) is 4.00. The molecule has 1 aromatic carbocycles. The van der Waals surface area contributed by atoms with E-state index in [1.165, 1.54) is 12.8 Å². The normalized spacial score (nSPS) is 22.9. The van der Waals surface area contributed by atoms with Crippen LogP contribution in [0.25, 0.3) is 0 Å². The van der Waals surface area contributed by atoms with Gasteiger partial charge < -0.3 is 10.2 Å². The first-order valence-electron chi connectivity index (χ1n) is 8.43. The fourth-order valence-electron chi connectivity index (χ4n) is 3.05. The van der Waals surface area contributed by atoms with Crippen LogP contribution in [0.3, 0.4) is 0 Å². The maximum atomic E-state index is 12.5. The molecule has 6 heteroatoms. The third-order valence-electron chi connectivity index (χ3n) is 5.08. The summed E-state index contributed by atoms with van der Waals surface area (Å²) in [5.41, 5.74) is 0.199. The average Bonchev–Trinajstić information content (AvgIpc) is 3.34. The molecule has 130 valence electrons. The van der Waals surface area contributed by atoms with Gasteiger partial charge in [0.2, 0.25) is 11.8 Å². The predicted molar refractivity (Wildman–Crippen MR) is 95.3 cm³/mol. The minimum absolute atomic E-state index is 0.00339. The second-order valence-electron chi connectivity index (χ2n) is 6.96. The Morgan fingerprint density at radius 2 is 2.08 bits per heavy atom. The average molecular weight is 369 g/mol. The van der Waals surface area contributed by atoms with E-state index < -0.39 is 5.54 Å². The predicted octanol–water partition coefficient (Wildman–Crippen LogP) is 3.44. The summed E-state index contributed by atoms with van der Waals surface area (Å²) in [5, 5.41) is 4.15. The fourth-order valence-corrected chi connectivity index (χ4v) is 3.55. The molecule has 1 saturated heterocycles. The quantitative estimate of drug-likeness (QED) is 0.835. The molecular weight excluding hydrogens is 347 g/mol. The van der Waals surface area contributed by atoms with Crippen LogP contribution in [0.2, 0.25) is 10.0 Å². The van der Waals surface area contributed by atoms with E-state index >= 15 is 0 Å². The van der Waals surface area contributed by atoms with Crippen molar-refractivity contribution in [3.8, 4) is 0 Å². The minimum atomic E-state index is -0.699. The van der Waals surface area contributed by atoms with Crippen molar-refractivity contribution in [3.63, 3.8) is 0 Å². The van der Waals surface area contributed by atoms with Gasteiger partial charge in [0.1, 0.15) is 5.54 Å². The number of likely N-dealkylation sites (tertiary alicyclic amines) is 1. The zero-order chi connectivity index (χ0) is 17.3. The van der Waals surface area contributed by atoms with Crippen LogP contribution in [-0.4, -0.2) is 35.3 Å². The van der Waals surface area contributed by atoms with Gasteiger partial charge in [-0.25, -0.2) is 0 Å². The molecule has 1 aromatic rings. The maximum Gasteiger partial charge on any atom is 0.245 e. The van der Waals surface area contributed by atoms with Crippen LogP contribution in [0.4, 0.5) is 0 Å². The first-order valence-corrected chi connectivity index (χ1v) is 9.18. The summed E-state index contributed by atoms with van der Waals surface area (Å²) in [4.78, 5) is 26.6. The van der Waals surface area contributed by atoms with Crippen LogP contribution in [0.15, 0.2) is 18.2 Å². The van der Waals surface area contributed by atoms with E-state index in [9.17, 15) is 9.59 Å². The van der Waals surface area contributed by atoms with Gasteiger partial charge >= 0.3 is 0 Å². The number of amides is 2. The summed E-state index contributed by atoms with van der Waals surface area (Å²) in [7, 11) is 0. The van der Waals surface area contributed by atoms with Gasteiger partial charge in [-0.05, 0) is 56.2 Å². The summed E-state index contributed by atoms with van der Waals surface area (Å²) in [5.74, 6) is 0.601. The second-order valence-corrected chi connectivity index (χ2v) is 7.80. The molecule has 2 aliphatic rings. The Bertz CT molecular complexity index is 660. The first-order chi connectivity index (χ1) is 11.4. The lowest BCUT2D eigenvalue weighted by molar-refractivity contribution is -0.157. The first kappa shape index (κ1) is 17.6. The van der Waals surface area contributed by atoms with E-state index in [0.29, 0.717) is 35.3 Å². The highest BCUT2D eigenvalue weighted by Gasteiger charge is 2.49. The molecule has 3 rings (SSSR count). The summed E-state index contributed by atoms with van der Waals surface area (Å²) < 4.78 is 0. The van der Waals surface area contributed by atoms with Gasteiger partial charge in [-0.1, -0.05) is 29.3 Å². The van der Waals surface area contributed by atoms with Crippen LogP contribution in [0.5, 0.6) is 0 Å². The zero-order valence-corrected chi connectivity index (χ0v) is 15.3. The Hall–Kier alpha value is -1.26. The Morgan fingerprint density at radius 3 is 2.67 bits per heavy atom. The van der Waals surface area contributed by atoms with Crippen LogP contribution in [0.1, 0.15) is 38.2 Å². The highest BCUT2D eigenvalue weighted by Crippen LogP contribution is 2.33. The number of halogens is 2. The molecule has 0 aromatic heterocycles. The van der Waals surface area contributed by atoms with E-state index in [-0.39, 0.29) is 11.8 Å². The van der Waals surface area contributed by atoms with Crippen molar-refractivity contribution in [1.29, 1.82) is 0 Å². The molecule has 2 fully saturated rings. The number of aryl methyl sites for hydroxylation is 1. The Balaban J connectivity index is 1.55. The van der Waals surface area contributed by atoms with Gasteiger partial charge in [0.25, 0.3) is 0 Å². The summed E-state index contributed by atoms with van der Waals surface area (Å²) in [6.45, 7) is 3.23. The molecule has 24 heavy (non-hydrogen) atoms. The van der Waals surface area contributed by atoms with Crippen molar-refractivity contribution in [2.24, 2.45) is 5.92 Å². The number of nitrogens with zero attached hydrogens (tertiary/aromatic N) is 1. The third-order valence-corrected chi connectivity index (χ3v) is 5.67.